The number of rotatable bonds is 5. The second-order valence-corrected chi connectivity index (χ2v) is 7.73. The number of nitrogens with zero attached hydrogens (tertiary/aromatic N) is 2. The van der Waals surface area contributed by atoms with Gasteiger partial charge < -0.3 is 19.1 Å². The number of carbonyl (C=O) groups excluding carboxylic acids is 1. The number of piperazine rings is 1. The Morgan fingerprint density at radius 2 is 1.83 bits per heavy atom. The zero-order valence-electron chi connectivity index (χ0n) is 16.5. The van der Waals surface area contributed by atoms with Crippen LogP contribution in [0, 0.1) is 0 Å². The van der Waals surface area contributed by atoms with Crippen LogP contribution < -0.4 is 14.2 Å². The molecule has 0 aliphatic carbocycles. The number of amides is 1. The molecular formula is C22H25ClN2O4. The van der Waals surface area contributed by atoms with Crippen molar-refractivity contribution < 1.29 is 19.0 Å². The van der Waals surface area contributed by atoms with E-state index in [0.29, 0.717) is 37.1 Å². The van der Waals surface area contributed by atoms with Crippen molar-refractivity contribution in [2.24, 2.45) is 0 Å². The highest BCUT2D eigenvalue weighted by molar-refractivity contribution is 6.30. The van der Waals surface area contributed by atoms with Gasteiger partial charge in [0.05, 0.1) is 0 Å². The third-order valence-corrected chi connectivity index (χ3v) is 5.39. The van der Waals surface area contributed by atoms with Crippen molar-refractivity contribution in [2.45, 2.75) is 19.6 Å². The van der Waals surface area contributed by atoms with E-state index >= 15 is 0 Å². The Kier molecular flexibility index (Phi) is 6.11. The van der Waals surface area contributed by atoms with Crippen LogP contribution in [0.2, 0.25) is 5.02 Å². The van der Waals surface area contributed by atoms with Gasteiger partial charge in [-0.15, -0.1) is 0 Å². The third-order valence-electron chi connectivity index (χ3n) is 5.15. The first-order chi connectivity index (χ1) is 14.1. The first kappa shape index (κ1) is 19.9. The molecule has 2 aliphatic rings. The molecule has 2 heterocycles. The molecule has 154 valence electrons. The number of hydrogen-bond acceptors (Lipinski definition) is 5. The van der Waals surface area contributed by atoms with Gasteiger partial charge in [-0.1, -0.05) is 23.7 Å². The lowest BCUT2D eigenvalue weighted by atomic mass is 10.1. The Morgan fingerprint density at radius 3 is 2.59 bits per heavy atom. The minimum atomic E-state index is -0.544. The highest BCUT2D eigenvalue weighted by Gasteiger charge is 2.26. The Balaban J connectivity index is 1.28. The molecule has 1 unspecified atom stereocenters. The molecule has 1 fully saturated rings. The lowest BCUT2D eigenvalue weighted by Crippen LogP contribution is -2.51. The van der Waals surface area contributed by atoms with Crippen molar-refractivity contribution in [3.8, 4) is 17.2 Å². The maximum absolute atomic E-state index is 12.7. The molecule has 7 heteroatoms. The standard InChI is InChI=1S/C22H25ClN2O4/c1-16(29-19-4-2-3-18(23)14-19)22(26)25-9-7-24(8-10-25)15-17-5-6-20-21(13-17)28-12-11-27-20/h2-6,13-14,16H,7-12,15H2,1H3. The van der Waals surface area contributed by atoms with E-state index in [1.54, 1.807) is 25.1 Å². The molecule has 0 saturated carbocycles. The summed E-state index contributed by atoms with van der Waals surface area (Å²) in [4.78, 5) is 16.9. The van der Waals surface area contributed by atoms with Crippen molar-refractivity contribution in [3.05, 3.63) is 53.1 Å². The molecule has 0 N–H and O–H groups in total. The molecule has 1 amide bonds. The number of carbonyl (C=O) groups is 1. The third kappa shape index (κ3) is 4.95. The van der Waals surface area contributed by atoms with Gasteiger partial charge in [-0.05, 0) is 42.8 Å². The summed E-state index contributed by atoms with van der Waals surface area (Å²) < 4.78 is 17.0. The average Bonchev–Trinajstić information content (AvgIpc) is 2.74. The van der Waals surface area contributed by atoms with E-state index in [1.165, 1.54) is 5.56 Å². The summed E-state index contributed by atoms with van der Waals surface area (Å²) in [5.41, 5.74) is 1.19. The zero-order chi connectivity index (χ0) is 20.2. The van der Waals surface area contributed by atoms with E-state index in [-0.39, 0.29) is 5.91 Å². The molecule has 0 bridgehead atoms. The minimum Gasteiger partial charge on any atom is -0.486 e. The first-order valence-electron chi connectivity index (χ1n) is 9.90. The Labute approximate surface area is 175 Å². The van der Waals surface area contributed by atoms with Crippen LogP contribution in [0.3, 0.4) is 0 Å². The molecule has 1 saturated heterocycles. The predicted molar refractivity (Wildman–Crippen MR) is 111 cm³/mol. The molecule has 29 heavy (non-hydrogen) atoms. The molecule has 2 aromatic rings. The monoisotopic (exact) mass is 416 g/mol. The Hall–Kier alpha value is -2.44. The van der Waals surface area contributed by atoms with Gasteiger partial charge in [0.25, 0.3) is 5.91 Å². The highest BCUT2D eigenvalue weighted by atomic mass is 35.5. The lowest BCUT2D eigenvalue weighted by Gasteiger charge is -2.36. The average molecular weight is 417 g/mol. The fourth-order valence-corrected chi connectivity index (χ4v) is 3.80. The van der Waals surface area contributed by atoms with Gasteiger partial charge in [-0.3, -0.25) is 9.69 Å². The van der Waals surface area contributed by atoms with Gasteiger partial charge in [0.2, 0.25) is 0 Å². The summed E-state index contributed by atoms with van der Waals surface area (Å²) in [6.45, 7) is 6.82. The van der Waals surface area contributed by atoms with Gasteiger partial charge in [0.15, 0.2) is 17.6 Å². The predicted octanol–water partition coefficient (Wildman–Crippen LogP) is 3.22. The number of benzene rings is 2. The van der Waals surface area contributed by atoms with E-state index < -0.39 is 6.10 Å². The fraction of sp³-hybridized carbons (Fsp3) is 0.409. The normalized spacial score (nSPS) is 17.7. The molecule has 0 aromatic heterocycles. The second kappa shape index (κ2) is 8.93. The largest absolute Gasteiger partial charge is 0.486 e. The molecule has 0 radical (unpaired) electrons. The van der Waals surface area contributed by atoms with Gasteiger partial charge in [-0.2, -0.15) is 0 Å². The maximum atomic E-state index is 12.7. The molecule has 4 rings (SSSR count). The summed E-state index contributed by atoms with van der Waals surface area (Å²) in [5, 5.41) is 0.593. The number of fused-ring (bicyclic) bond motifs is 1. The summed E-state index contributed by atoms with van der Waals surface area (Å²) in [6, 6.07) is 13.2. The lowest BCUT2D eigenvalue weighted by molar-refractivity contribution is -0.139. The molecule has 0 spiro atoms. The van der Waals surface area contributed by atoms with E-state index in [2.05, 4.69) is 11.0 Å². The topological polar surface area (TPSA) is 51.2 Å². The van der Waals surface area contributed by atoms with E-state index in [1.807, 2.05) is 23.1 Å². The van der Waals surface area contributed by atoms with Crippen LogP contribution in [0.4, 0.5) is 0 Å². The molecular weight excluding hydrogens is 392 g/mol. The smallest absolute Gasteiger partial charge is 0.263 e. The number of halogens is 1. The van der Waals surface area contributed by atoms with Crippen molar-refractivity contribution >= 4 is 17.5 Å². The van der Waals surface area contributed by atoms with Crippen LogP contribution in [-0.2, 0) is 11.3 Å². The van der Waals surface area contributed by atoms with E-state index in [0.717, 1.165) is 31.1 Å². The summed E-state index contributed by atoms with van der Waals surface area (Å²) in [6.07, 6.45) is -0.544. The highest BCUT2D eigenvalue weighted by Crippen LogP contribution is 2.31. The van der Waals surface area contributed by atoms with Crippen LogP contribution in [0.1, 0.15) is 12.5 Å². The Bertz CT molecular complexity index is 868. The number of hydrogen-bond donors (Lipinski definition) is 0. The van der Waals surface area contributed by atoms with Crippen molar-refractivity contribution in [1.82, 2.24) is 9.80 Å². The van der Waals surface area contributed by atoms with Crippen LogP contribution in [0.15, 0.2) is 42.5 Å². The first-order valence-corrected chi connectivity index (χ1v) is 10.3. The quantitative estimate of drug-likeness (QED) is 0.749. The zero-order valence-corrected chi connectivity index (χ0v) is 17.2. The van der Waals surface area contributed by atoms with Crippen LogP contribution >= 0.6 is 11.6 Å². The van der Waals surface area contributed by atoms with Gasteiger partial charge in [0, 0.05) is 37.7 Å². The van der Waals surface area contributed by atoms with Crippen molar-refractivity contribution in [2.75, 3.05) is 39.4 Å². The van der Waals surface area contributed by atoms with Gasteiger partial charge >= 0.3 is 0 Å². The SMILES string of the molecule is CC(Oc1cccc(Cl)c1)C(=O)N1CCN(Cc2ccc3c(c2)OCCO3)CC1. The molecule has 6 nitrogen and oxygen atoms in total. The van der Waals surface area contributed by atoms with Gasteiger partial charge in [0.1, 0.15) is 19.0 Å². The van der Waals surface area contributed by atoms with E-state index in [4.69, 9.17) is 25.8 Å². The second-order valence-electron chi connectivity index (χ2n) is 7.30. The summed E-state index contributed by atoms with van der Waals surface area (Å²) in [7, 11) is 0. The van der Waals surface area contributed by atoms with Crippen molar-refractivity contribution in [3.63, 3.8) is 0 Å². The molecule has 1 atom stereocenters. The molecule has 2 aliphatic heterocycles. The maximum Gasteiger partial charge on any atom is 0.263 e. The summed E-state index contributed by atoms with van der Waals surface area (Å²) >= 11 is 5.98. The number of ether oxygens (including phenoxy) is 3. The van der Waals surface area contributed by atoms with Crippen LogP contribution in [-0.4, -0.2) is 61.2 Å². The summed E-state index contributed by atoms with van der Waals surface area (Å²) in [5.74, 6) is 2.23. The molecule has 2 aromatic carbocycles. The van der Waals surface area contributed by atoms with Crippen molar-refractivity contribution in [1.29, 1.82) is 0 Å². The van der Waals surface area contributed by atoms with Crippen LogP contribution in [0.5, 0.6) is 17.2 Å². The van der Waals surface area contributed by atoms with E-state index in [9.17, 15) is 4.79 Å². The fourth-order valence-electron chi connectivity index (χ4n) is 3.62. The minimum absolute atomic E-state index is 0.00366. The Morgan fingerprint density at radius 1 is 1.07 bits per heavy atom. The van der Waals surface area contributed by atoms with Crippen LogP contribution in [0.25, 0.3) is 0 Å². The van der Waals surface area contributed by atoms with Gasteiger partial charge in [-0.25, -0.2) is 0 Å².